The van der Waals surface area contributed by atoms with E-state index in [4.69, 9.17) is 4.99 Å². The lowest BCUT2D eigenvalue weighted by atomic mass is 9.78. The number of aryl methyl sites for hydroxylation is 1. The van der Waals surface area contributed by atoms with Crippen LogP contribution in [0.2, 0.25) is 0 Å². The lowest BCUT2D eigenvalue weighted by Crippen LogP contribution is -2.26. The molecule has 2 aromatic rings. The van der Waals surface area contributed by atoms with Crippen molar-refractivity contribution >= 4 is 17.2 Å². The summed E-state index contributed by atoms with van der Waals surface area (Å²) < 4.78 is 0. The van der Waals surface area contributed by atoms with Gasteiger partial charge in [0.2, 0.25) is 0 Å². The van der Waals surface area contributed by atoms with Gasteiger partial charge in [-0.25, -0.2) is 0 Å². The van der Waals surface area contributed by atoms with Gasteiger partial charge in [0.05, 0.1) is 17.0 Å². The number of carbonyl (C=O) groups excluding carboxylic acids is 1. The molecule has 0 heterocycles. The first kappa shape index (κ1) is 18.1. The fraction of sp³-hybridized carbons (Fsp3) is 0.304. The van der Waals surface area contributed by atoms with Crippen molar-refractivity contribution < 1.29 is 9.90 Å². The molecule has 1 unspecified atom stereocenters. The number of aliphatic hydroxyl groups is 1. The molecular weight excluding hydrogens is 322 g/mol. The second kappa shape index (κ2) is 8.13. The van der Waals surface area contributed by atoms with Crippen LogP contribution in [0.15, 0.2) is 70.9 Å². The second-order valence-electron chi connectivity index (χ2n) is 6.86. The van der Waals surface area contributed by atoms with Gasteiger partial charge >= 0.3 is 0 Å². The second-order valence-corrected chi connectivity index (χ2v) is 6.86. The fourth-order valence-corrected chi connectivity index (χ4v) is 3.48. The summed E-state index contributed by atoms with van der Waals surface area (Å²) in [6.45, 7) is 4.00. The zero-order chi connectivity index (χ0) is 18.5. The third kappa shape index (κ3) is 3.93. The third-order valence-electron chi connectivity index (χ3n) is 4.86. The molecule has 0 saturated heterocycles. The van der Waals surface area contributed by atoms with Gasteiger partial charge in [-0.1, -0.05) is 55.5 Å². The standard InChI is InChI=1S/C23H25NO2/c1-3-9-21(25)23-20(24-19-13-8-7-10-16(19)2)14-18(15-22(23)26)17-11-5-4-6-12-17/h4-8,10-13,18,25H,3,9,14-15H2,1-2H3/b23-21-,24-20?. The number of rotatable bonds is 4. The minimum Gasteiger partial charge on any atom is -0.511 e. The van der Waals surface area contributed by atoms with Gasteiger partial charge < -0.3 is 5.11 Å². The average molecular weight is 347 g/mol. The van der Waals surface area contributed by atoms with E-state index in [9.17, 15) is 9.90 Å². The first-order valence-electron chi connectivity index (χ1n) is 9.24. The third-order valence-corrected chi connectivity index (χ3v) is 4.86. The number of allylic oxidation sites excluding steroid dienone is 2. The molecule has 1 fully saturated rings. The predicted octanol–water partition coefficient (Wildman–Crippen LogP) is 5.83. The minimum absolute atomic E-state index is 0.0108. The van der Waals surface area contributed by atoms with Crippen molar-refractivity contribution in [3.8, 4) is 0 Å². The normalized spacial score (nSPS) is 21.1. The van der Waals surface area contributed by atoms with Crippen LogP contribution in [0.1, 0.15) is 49.7 Å². The van der Waals surface area contributed by atoms with E-state index < -0.39 is 0 Å². The van der Waals surface area contributed by atoms with E-state index in [-0.39, 0.29) is 17.5 Å². The number of aliphatic hydroxyl groups excluding tert-OH is 1. The Hall–Kier alpha value is -2.68. The van der Waals surface area contributed by atoms with Crippen LogP contribution in [0.5, 0.6) is 0 Å². The highest BCUT2D eigenvalue weighted by molar-refractivity contribution is 6.25. The number of para-hydroxylation sites is 1. The monoisotopic (exact) mass is 347 g/mol. The summed E-state index contributed by atoms with van der Waals surface area (Å²) >= 11 is 0. The smallest absolute Gasteiger partial charge is 0.168 e. The van der Waals surface area contributed by atoms with Gasteiger partial charge in [-0.3, -0.25) is 9.79 Å². The summed E-state index contributed by atoms with van der Waals surface area (Å²) in [6.07, 6.45) is 2.37. The first-order chi connectivity index (χ1) is 12.6. The first-order valence-corrected chi connectivity index (χ1v) is 9.24. The maximum absolute atomic E-state index is 12.9. The van der Waals surface area contributed by atoms with E-state index in [0.29, 0.717) is 30.5 Å². The van der Waals surface area contributed by atoms with Crippen molar-refractivity contribution in [2.45, 2.75) is 45.4 Å². The SMILES string of the molecule is CCC/C(O)=C1/C(=O)CC(c2ccccc2)CC1=Nc1ccccc1C. The van der Waals surface area contributed by atoms with Crippen molar-refractivity contribution in [1.29, 1.82) is 0 Å². The predicted molar refractivity (Wildman–Crippen MR) is 106 cm³/mol. The Morgan fingerprint density at radius 1 is 1.08 bits per heavy atom. The number of nitrogens with zero attached hydrogens (tertiary/aromatic N) is 1. The summed E-state index contributed by atoms with van der Waals surface area (Å²) in [5.74, 6) is 0.268. The molecule has 0 aromatic heterocycles. The summed E-state index contributed by atoms with van der Waals surface area (Å²) in [5.41, 5.74) is 4.19. The van der Waals surface area contributed by atoms with Crippen molar-refractivity contribution in [2.75, 3.05) is 0 Å². The fourth-order valence-electron chi connectivity index (χ4n) is 3.48. The van der Waals surface area contributed by atoms with E-state index in [2.05, 4.69) is 12.1 Å². The van der Waals surface area contributed by atoms with Gasteiger partial charge in [-0.15, -0.1) is 0 Å². The molecule has 0 aliphatic heterocycles. The van der Waals surface area contributed by atoms with E-state index >= 15 is 0 Å². The highest BCUT2D eigenvalue weighted by atomic mass is 16.3. The molecule has 0 radical (unpaired) electrons. The van der Waals surface area contributed by atoms with E-state index in [1.807, 2.05) is 56.3 Å². The Balaban J connectivity index is 2.05. The largest absolute Gasteiger partial charge is 0.511 e. The van der Waals surface area contributed by atoms with Crippen LogP contribution >= 0.6 is 0 Å². The van der Waals surface area contributed by atoms with Gasteiger partial charge in [0.25, 0.3) is 0 Å². The zero-order valence-corrected chi connectivity index (χ0v) is 15.4. The molecule has 1 aliphatic rings. The molecule has 3 rings (SSSR count). The van der Waals surface area contributed by atoms with Crippen LogP contribution in [0.3, 0.4) is 0 Å². The summed E-state index contributed by atoms with van der Waals surface area (Å²) in [5, 5.41) is 10.5. The van der Waals surface area contributed by atoms with Gasteiger partial charge in [0.1, 0.15) is 5.76 Å². The molecule has 3 heteroatoms. The maximum atomic E-state index is 12.9. The van der Waals surface area contributed by atoms with Gasteiger partial charge in [-0.05, 0) is 42.9 Å². The molecule has 2 aromatic carbocycles. The highest BCUT2D eigenvalue weighted by Crippen LogP contribution is 2.35. The van der Waals surface area contributed by atoms with Gasteiger partial charge in [0, 0.05) is 12.8 Å². The molecule has 1 N–H and O–H groups in total. The summed E-state index contributed by atoms with van der Waals surface area (Å²) in [6, 6.07) is 18.0. The van der Waals surface area contributed by atoms with Crippen molar-refractivity contribution in [3.63, 3.8) is 0 Å². The number of hydrogen-bond acceptors (Lipinski definition) is 3. The Bertz CT molecular complexity index is 850. The maximum Gasteiger partial charge on any atom is 0.168 e. The van der Waals surface area contributed by atoms with E-state index in [0.717, 1.165) is 23.2 Å². The number of ketones is 1. The number of Topliss-reactive ketones (excluding diaryl/α,β-unsaturated/α-hetero) is 1. The van der Waals surface area contributed by atoms with Crippen LogP contribution in [-0.4, -0.2) is 16.6 Å². The van der Waals surface area contributed by atoms with Crippen LogP contribution in [0.4, 0.5) is 5.69 Å². The van der Waals surface area contributed by atoms with Crippen LogP contribution < -0.4 is 0 Å². The van der Waals surface area contributed by atoms with Crippen molar-refractivity contribution in [1.82, 2.24) is 0 Å². The Morgan fingerprint density at radius 2 is 1.77 bits per heavy atom. The Morgan fingerprint density at radius 3 is 2.46 bits per heavy atom. The van der Waals surface area contributed by atoms with Crippen molar-refractivity contribution in [2.24, 2.45) is 4.99 Å². The summed E-state index contributed by atoms with van der Waals surface area (Å²) in [7, 11) is 0. The summed E-state index contributed by atoms with van der Waals surface area (Å²) in [4.78, 5) is 17.7. The molecule has 1 atom stereocenters. The van der Waals surface area contributed by atoms with Crippen LogP contribution in [0.25, 0.3) is 0 Å². The number of benzene rings is 2. The quantitative estimate of drug-likeness (QED) is 0.559. The lowest BCUT2D eigenvalue weighted by Gasteiger charge is -2.26. The Labute approximate surface area is 155 Å². The number of carbonyl (C=O) groups is 1. The molecule has 134 valence electrons. The molecule has 0 bridgehead atoms. The Kier molecular flexibility index (Phi) is 5.67. The van der Waals surface area contributed by atoms with E-state index in [1.165, 1.54) is 0 Å². The topological polar surface area (TPSA) is 49.7 Å². The highest BCUT2D eigenvalue weighted by Gasteiger charge is 2.32. The molecular formula is C23H25NO2. The van der Waals surface area contributed by atoms with Crippen LogP contribution in [0, 0.1) is 6.92 Å². The molecule has 0 spiro atoms. The van der Waals surface area contributed by atoms with Crippen LogP contribution in [-0.2, 0) is 4.79 Å². The molecule has 3 nitrogen and oxygen atoms in total. The van der Waals surface area contributed by atoms with Crippen molar-refractivity contribution in [3.05, 3.63) is 77.1 Å². The zero-order valence-electron chi connectivity index (χ0n) is 15.4. The average Bonchev–Trinajstić information content (AvgIpc) is 2.64. The number of aliphatic imine (C=N–C) groups is 1. The molecule has 26 heavy (non-hydrogen) atoms. The van der Waals surface area contributed by atoms with E-state index in [1.54, 1.807) is 0 Å². The molecule has 1 aliphatic carbocycles. The lowest BCUT2D eigenvalue weighted by molar-refractivity contribution is -0.115. The van der Waals surface area contributed by atoms with Gasteiger partial charge in [0.15, 0.2) is 5.78 Å². The molecule has 1 saturated carbocycles. The van der Waals surface area contributed by atoms with Gasteiger partial charge in [-0.2, -0.15) is 0 Å². The minimum atomic E-state index is -0.0108. The number of hydrogen-bond donors (Lipinski definition) is 1. The molecule has 0 amide bonds.